The number of hydrogen-bond acceptors (Lipinski definition) is 3. The smallest absolute Gasteiger partial charge is 0.101 e. The van der Waals surface area contributed by atoms with Crippen LogP contribution in [0.25, 0.3) is 0 Å². The third kappa shape index (κ3) is 2.62. The van der Waals surface area contributed by atoms with Crippen LogP contribution in [0.3, 0.4) is 0 Å². The van der Waals surface area contributed by atoms with E-state index in [0.29, 0.717) is 6.17 Å². The van der Waals surface area contributed by atoms with Crippen molar-refractivity contribution in [3.63, 3.8) is 0 Å². The predicted molar refractivity (Wildman–Crippen MR) is 66.8 cm³/mol. The molecule has 0 spiro atoms. The van der Waals surface area contributed by atoms with Gasteiger partial charge in [0, 0.05) is 43.9 Å². The summed E-state index contributed by atoms with van der Waals surface area (Å²) in [6.07, 6.45) is 6.97. The number of hydrogen-bond donors (Lipinski definition) is 0. The molecular formula is C11H18BrN3. The van der Waals surface area contributed by atoms with Crippen molar-refractivity contribution in [3.05, 3.63) is 22.8 Å². The maximum Gasteiger partial charge on any atom is 0.101 e. The van der Waals surface area contributed by atoms with Crippen LogP contribution in [-0.4, -0.2) is 61.1 Å². The Morgan fingerprint density at radius 2 is 1.87 bits per heavy atom. The highest BCUT2D eigenvalue weighted by Crippen LogP contribution is 2.19. The predicted octanol–water partition coefficient (Wildman–Crippen LogP) is 1.30. The van der Waals surface area contributed by atoms with Crippen LogP contribution in [0.15, 0.2) is 22.8 Å². The van der Waals surface area contributed by atoms with Crippen LogP contribution in [0.2, 0.25) is 0 Å². The fraction of sp³-hybridized carbons (Fsp3) is 0.636. The molecule has 0 bridgehead atoms. The SMILES string of the molecule is CN1CCN(C2C=CC(Br)=CN2C)CC1. The number of piperazine rings is 1. The Morgan fingerprint density at radius 1 is 1.20 bits per heavy atom. The molecule has 1 saturated heterocycles. The van der Waals surface area contributed by atoms with Gasteiger partial charge in [-0.15, -0.1) is 0 Å². The Morgan fingerprint density at radius 3 is 2.47 bits per heavy atom. The molecule has 0 amide bonds. The minimum absolute atomic E-state index is 0.431. The Balaban J connectivity index is 1.97. The Bertz CT molecular complexity index is 280. The number of halogens is 1. The molecule has 0 aromatic rings. The molecule has 2 rings (SSSR count). The fourth-order valence-corrected chi connectivity index (χ4v) is 2.57. The highest BCUT2D eigenvalue weighted by atomic mass is 79.9. The average molecular weight is 272 g/mol. The first kappa shape index (κ1) is 11.2. The first-order chi connectivity index (χ1) is 7.16. The highest BCUT2D eigenvalue weighted by molar-refractivity contribution is 9.11. The summed E-state index contributed by atoms with van der Waals surface area (Å²) in [6.45, 7) is 4.65. The molecule has 3 nitrogen and oxygen atoms in total. The van der Waals surface area contributed by atoms with Crippen LogP contribution >= 0.6 is 15.9 Å². The van der Waals surface area contributed by atoms with Crippen molar-refractivity contribution in [2.24, 2.45) is 0 Å². The summed E-state index contributed by atoms with van der Waals surface area (Å²) < 4.78 is 1.15. The van der Waals surface area contributed by atoms with Crippen LogP contribution in [0.4, 0.5) is 0 Å². The molecule has 4 heteroatoms. The van der Waals surface area contributed by atoms with Crippen molar-refractivity contribution < 1.29 is 0 Å². The second-order valence-corrected chi connectivity index (χ2v) is 5.21. The highest BCUT2D eigenvalue weighted by Gasteiger charge is 2.23. The van der Waals surface area contributed by atoms with Crippen molar-refractivity contribution in [2.75, 3.05) is 40.3 Å². The molecule has 1 fully saturated rings. The van der Waals surface area contributed by atoms with E-state index >= 15 is 0 Å². The molecule has 15 heavy (non-hydrogen) atoms. The zero-order valence-electron chi connectivity index (χ0n) is 9.36. The molecule has 0 aromatic carbocycles. The zero-order valence-corrected chi connectivity index (χ0v) is 10.9. The number of likely N-dealkylation sites (N-methyl/N-ethyl adjacent to an activating group) is 2. The Hall–Kier alpha value is -0.320. The topological polar surface area (TPSA) is 9.72 Å². The van der Waals surface area contributed by atoms with Gasteiger partial charge in [-0.2, -0.15) is 0 Å². The van der Waals surface area contributed by atoms with Gasteiger partial charge in [-0.1, -0.05) is 0 Å². The third-order valence-corrected chi connectivity index (χ3v) is 3.55. The van der Waals surface area contributed by atoms with Crippen molar-refractivity contribution in [2.45, 2.75) is 6.17 Å². The summed E-state index contributed by atoms with van der Waals surface area (Å²) in [5.74, 6) is 0. The normalized spacial score (nSPS) is 29.4. The van der Waals surface area contributed by atoms with Gasteiger partial charge >= 0.3 is 0 Å². The first-order valence-corrected chi connectivity index (χ1v) is 6.16. The number of rotatable bonds is 1. The van der Waals surface area contributed by atoms with Gasteiger partial charge in [0.25, 0.3) is 0 Å². The summed E-state index contributed by atoms with van der Waals surface area (Å²) in [6, 6.07) is 0. The second kappa shape index (κ2) is 4.68. The van der Waals surface area contributed by atoms with Gasteiger partial charge in [0.05, 0.1) is 0 Å². The van der Waals surface area contributed by atoms with Gasteiger partial charge in [-0.05, 0) is 35.1 Å². The van der Waals surface area contributed by atoms with E-state index in [0.717, 1.165) is 17.6 Å². The standard InChI is InChI=1S/C11H18BrN3/c1-13-5-7-15(8-6-13)11-4-3-10(12)9-14(11)2/h3-4,9,11H,5-8H2,1-2H3. The largest absolute Gasteiger partial charge is 0.360 e. The maximum absolute atomic E-state index is 3.50. The zero-order chi connectivity index (χ0) is 10.8. The van der Waals surface area contributed by atoms with Gasteiger partial charge in [0.15, 0.2) is 0 Å². The lowest BCUT2D eigenvalue weighted by molar-refractivity contribution is 0.0738. The molecule has 2 heterocycles. The van der Waals surface area contributed by atoms with Gasteiger partial charge in [-0.25, -0.2) is 0 Å². The molecule has 0 aromatic heterocycles. The molecule has 0 saturated carbocycles. The van der Waals surface area contributed by atoms with Crippen molar-refractivity contribution >= 4 is 15.9 Å². The molecule has 0 N–H and O–H groups in total. The summed E-state index contributed by atoms with van der Waals surface area (Å²) >= 11 is 3.50. The van der Waals surface area contributed by atoms with E-state index in [1.54, 1.807) is 0 Å². The summed E-state index contributed by atoms with van der Waals surface area (Å²) in [5, 5.41) is 0. The average Bonchev–Trinajstić information content (AvgIpc) is 2.20. The van der Waals surface area contributed by atoms with E-state index in [4.69, 9.17) is 0 Å². The molecule has 0 aliphatic carbocycles. The Labute approximate surface area is 100 Å². The van der Waals surface area contributed by atoms with E-state index in [1.807, 2.05) is 0 Å². The lowest BCUT2D eigenvalue weighted by Crippen LogP contribution is -2.52. The second-order valence-electron chi connectivity index (χ2n) is 4.29. The van der Waals surface area contributed by atoms with Gasteiger partial charge in [0.1, 0.15) is 6.17 Å². The van der Waals surface area contributed by atoms with Crippen molar-refractivity contribution in [1.29, 1.82) is 0 Å². The molecule has 2 aliphatic heterocycles. The summed E-state index contributed by atoms with van der Waals surface area (Å²) in [5.41, 5.74) is 0. The third-order valence-electron chi connectivity index (χ3n) is 3.08. The minimum atomic E-state index is 0.431. The van der Waals surface area contributed by atoms with E-state index < -0.39 is 0 Å². The molecule has 1 unspecified atom stereocenters. The van der Waals surface area contributed by atoms with Crippen molar-refractivity contribution in [3.8, 4) is 0 Å². The van der Waals surface area contributed by atoms with Gasteiger partial charge in [-0.3, -0.25) is 4.90 Å². The van der Waals surface area contributed by atoms with E-state index in [1.165, 1.54) is 13.1 Å². The summed E-state index contributed by atoms with van der Waals surface area (Å²) in [7, 11) is 4.32. The Kier molecular flexibility index (Phi) is 3.49. The van der Waals surface area contributed by atoms with E-state index in [2.05, 4.69) is 63.1 Å². The van der Waals surface area contributed by atoms with E-state index in [-0.39, 0.29) is 0 Å². The first-order valence-electron chi connectivity index (χ1n) is 5.37. The maximum atomic E-state index is 3.50. The lowest BCUT2D eigenvalue weighted by Gasteiger charge is -2.41. The lowest BCUT2D eigenvalue weighted by atomic mass is 10.2. The van der Waals surface area contributed by atoms with Gasteiger partial charge < -0.3 is 9.80 Å². The van der Waals surface area contributed by atoms with Gasteiger partial charge in [0.2, 0.25) is 0 Å². The molecule has 2 aliphatic rings. The quantitative estimate of drug-likeness (QED) is 0.712. The van der Waals surface area contributed by atoms with Crippen molar-refractivity contribution in [1.82, 2.24) is 14.7 Å². The van der Waals surface area contributed by atoms with Crippen LogP contribution in [0.1, 0.15) is 0 Å². The van der Waals surface area contributed by atoms with Crippen LogP contribution in [0.5, 0.6) is 0 Å². The van der Waals surface area contributed by atoms with Crippen LogP contribution in [0, 0.1) is 0 Å². The molecular weight excluding hydrogens is 254 g/mol. The number of allylic oxidation sites excluding steroid dienone is 2. The van der Waals surface area contributed by atoms with Crippen LogP contribution in [-0.2, 0) is 0 Å². The minimum Gasteiger partial charge on any atom is -0.360 e. The fourth-order valence-electron chi connectivity index (χ4n) is 2.09. The monoisotopic (exact) mass is 271 g/mol. The van der Waals surface area contributed by atoms with Crippen LogP contribution < -0.4 is 0 Å². The molecule has 1 atom stereocenters. The van der Waals surface area contributed by atoms with E-state index in [9.17, 15) is 0 Å². The molecule has 84 valence electrons. The number of nitrogens with zero attached hydrogens (tertiary/aromatic N) is 3. The summed E-state index contributed by atoms with van der Waals surface area (Å²) in [4.78, 5) is 7.16. The molecule has 0 radical (unpaired) electrons.